The standard InChI is InChI=1S/C11H13N.C6H14.C2H6/c1-8-9(2)12(3)11-7-5-4-6-10(8)11;1-4-6(3)5-2;1-2/h4-7H,1-3H3;6H,4-5H2,1-3H3;1-2H3. The van der Waals surface area contributed by atoms with Gasteiger partial charge in [-0.15, -0.1) is 0 Å². The van der Waals surface area contributed by atoms with E-state index in [1.165, 1.54) is 35.0 Å². The molecule has 0 aliphatic carbocycles. The number of para-hydroxylation sites is 1. The van der Waals surface area contributed by atoms with Crippen molar-refractivity contribution < 1.29 is 0 Å². The molecule has 0 bridgehead atoms. The van der Waals surface area contributed by atoms with Crippen LogP contribution in [0.15, 0.2) is 24.3 Å². The zero-order valence-electron chi connectivity index (χ0n) is 14.7. The summed E-state index contributed by atoms with van der Waals surface area (Å²) in [6.07, 6.45) is 2.66. The second kappa shape index (κ2) is 9.63. The number of aromatic nitrogens is 1. The molecule has 0 radical (unpaired) electrons. The Bertz CT molecular complexity index is 451. The van der Waals surface area contributed by atoms with E-state index >= 15 is 0 Å². The lowest BCUT2D eigenvalue weighted by molar-refractivity contribution is 0.544. The van der Waals surface area contributed by atoms with Crippen molar-refractivity contribution in [1.29, 1.82) is 0 Å². The molecular formula is C19H33N. The van der Waals surface area contributed by atoms with Crippen LogP contribution in [0.3, 0.4) is 0 Å². The minimum Gasteiger partial charge on any atom is -0.348 e. The third-order valence-corrected chi connectivity index (χ3v) is 4.11. The summed E-state index contributed by atoms with van der Waals surface area (Å²) in [4.78, 5) is 0. The lowest BCUT2D eigenvalue weighted by atomic mass is 10.1. The Morgan fingerprint density at radius 1 is 1.00 bits per heavy atom. The molecule has 0 unspecified atom stereocenters. The lowest BCUT2D eigenvalue weighted by Crippen LogP contribution is -1.89. The van der Waals surface area contributed by atoms with Crippen LogP contribution >= 0.6 is 0 Å². The number of aryl methyl sites for hydroxylation is 2. The predicted octanol–water partition coefficient (Wildman–Crippen LogP) is 6.26. The first kappa shape index (κ1) is 18.8. The molecule has 0 aliphatic rings. The first-order valence-electron chi connectivity index (χ1n) is 8.03. The summed E-state index contributed by atoms with van der Waals surface area (Å²) in [5, 5.41) is 1.37. The molecule has 0 spiro atoms. The Kier molecular flexibility index (Phi) is 9.03. The maximum absolute atomic E-state index is 2.28. The van der Waals surface area contributed by atoms with Crippen LogP contribution < -0.4 is 0 Å². The number of nitrogens with zero attached hydrogens (tertiary/aromatic N) is 1. The van der Waals surface area contributed by atoms with E-state index < -0.39 is 0 Å². The van der Waals surface area contributed by atoms with Crippen molar-refractivity contribution in [1.82, 2.24) is 4.57 Å². The maximum atomic E-state index is 2.28. The lowest BCUT2D eigenvalue weighted by Gasteiger charge is -1.98. The van der Waals surface area contributed by atoms with E-state index in [1.807, 2.05) is 13.8 Å². The molecule has 20 heavy (non-hydrogen) atoms. The van der Waals surface area contributed by atoms with Gasteiger partial charge in [0, 0.05) is 23.6 Å². The van der Waals surface area contributed by atoms with Crippen LogP contribution in [0.1, 0.15) is 58.7 Å². The van der Waals surface area contributed by atoms with Gasteiger partial charge in [0.1, 0.15) is 0 Å². The van der Waals surface area contributed by atoms with Gasteiger partial charge in [-0.2, -0.15) is 0 Å². The Balaban J connectivity index is 0.000000387. The van der Waals surface area contributed by atoms with E-state index in [4.69, 9.17) is 0 Å². The van der Waals surface area contributed by atoms with Crippen molar-refractivity contribution in [3.63, 3.8) is 0 Å². The summed E-state index contributed by atoms with van der Waals surface area (Å²) < 4.78 is 2.24. The number of hydrogen-bond donors (Lipinski definition) is 0. The molecule has 114 valence electrons. The molecule has 1 nitrogen and oxygen atoms in total. The summed E-state index contributed by atoms with van der Waals surface area (Å²) in [7, 11) is 2.12. The largest absolute Gasteiger partial charge is 0.348 e. The minimum atomic E-state index is 0.935. The van der Waals surface area contributed by atoms with Gasteiger partial charge < -0.3 is 4.57 Å². The average Bonchev–Trinajstić information content (AvgIpc) is 2.74. The molecule has 0 aliphatic heterocycles. The molecule has 1 heteroatoms. The average molecular weight is 275 g/mol. The molecule has 0 saturated carbocycles. The molecule has 1 aromatic heterocycles. The first-order chi connectivity index (χ1) is 9.52. The van der Waals surface area contributed by atoms with Gasteiger partial charge in [0.15, 0.2) is 0 Å². The van der Waals surface area contributed by atoms with E-state index in [-0.39, 0.29) is 0 Å². The molecule has 0 saturated heterocycles. The Morgan fingerprint density at radius 3 is 1.90 bits per heavy atom. The highest BCUT2D eigenvalue weighted by atomic mass is 14.9. The highest BCUT2D eigenvalue weighted by Crippen LogP contribution is 2.22. The molecule has 0 N–H and O–H groups in total. The molecule has 0 amide bonds. The van der Waals surface area contributed by atoms with E-state index in [1.54, 1.807) is 0 Å². The number of hydrogen-bond acceptors (Lipinski definition) is 0. The van der Waals surface area contributed by atoms with Gasteiger partial charge in [-0.25, -0.2) is 0 Å². The highest BCUT2D eigenvalue weighted by molar-refractivity contribution is 5.85. The van der Waals surface area contributed by atoms with E-state index in [9.17, 15) is 0 Å². The normalized spacial score (nSPS) is 9.85. The smallest absolute Gasteiger partial charge is 0.0482 e. The van der Waals surface area contributed by atoms with Gasteiger partial charge in [-0.3, -0.25) is 0 Å². The summed E-state index contributed by atoms with van der Waals surface area (Å²) in [5.74, 6) is 0.935. The van der Waals surface area contributed by atoms with Crippen LogP contribution in [0.2, 0.25) is 0 Å². The van der Waals surface area contributed by atoms with Gasteiger partial charge in [-0.05, 0) is 31.4 Å². The third kappa shape index (κ3) is 4.70. The van der Waals surface area contributed by atoms with Crippen LogP contribution in [0.5, 0.6) is 0 Å². The summed E-state index contributed by atoms with van der Waals surface area (Å²) in [5.41, 5.74) is 4.08. The molecule has 0 fully saturated rings. The Morgan fingerprint density at radius 2 is 1.50 bits per heavy atom. The zero-order chi connectivity index (χ0) is 15.7. The first-order valence-corrected chi connectivity index (χ1v) is 8.03. The summed E-state index contributed by atoms with van der Waals surface area (Å²) in [6.45, 7) is 15.1. The topological polar surface area (TPSA) is 4.93 Å². The van der Waals surface area contributed by atoms with Crippen molar-refractivity contribution >= 4 is 10.9 Å². The van der Waals surface area contributed by atoms with Crippen molar-refractivity contribution in [2.45, 2.75) is 61.3 Å². The van der Waals surface area contributed by atoms with Crippen LogP contribution in [-0.2, 0) is 7.05 Å². The van der Waals surface area contributed by atoms with Crippen LogP contribution in [0.4, 0.5) is 0 Å². The molecule has 1 heterocycles. The van der Waals surface area contributed by atoms with Gasteiger partial charge in [0.25, 0.3) is 0 Å². The molecule has 1 aromatic carbocycles. The van der Waals surface area contributed by atoms with E-state index in [0.29, 0.717) is 0 Å². The number of rotatable bonds is 2. The second-order valence-corrected chi connectivity index (χ2v) is 5.21. The fraction of sp³-hybridized carbons (Fsp3) is 0.579. The van der Waals surface area contributed by atoms with E-state index in [2.05, 4.69) is 70.5 Å². The monoisotopic (exact) mass is 275 g/mol. The van der Waals surface area contributed by atoms with Gasteiger partial charge in [0.2, 0.25) is 0 Å². The Labute approximate surface area is 126 Å². The van der Waals surface area contributed by atoms with Crippen molar-refractivity contribution in [3.8, 4) is 0 Å². The number of fused-ring (bicyclic) bond motifs is 1. The third-order valence-electron chi connectivity index (χ3n) is 4.11. The quantitative estimate of drug-likeness (QED) is 0.609. The number of benzene rings is 1. The summed E-state index contributed by atoms with van der Waals surface area (Å²) in [6, 6.07) is 8.52. The fourth-order valence-electron chi connectivity index (χ4n) is 2.00. The van der Waals surface area contributed by atoms with E-state index in [0.717, 1.165) is 5.92 Å². The predicted molar refractivity (Wildman–Crippen MR) is 93.5 cm³/mol. The molecule has 2 rings (SSSR count). The van der Waals surface area contributed by atoms with Crippen molar-refractivity contribution in [2.24, 2.45) is 13.0 Å². The van der Waals surface area contributed by atoms with Gasteiger partial charge >= 0.3 is 0 Å². The molecular weight excluding hydrogens is 242 g/mol. The van der Waals surface area contributed by atoms with Crippen LogP contribution in [0, 0.1) is 19.8 Å². The minimum absolute atomic E-state index is 0.935. The van der Waals surface area contributed by atoms with Gasteiger partial charge in [-0.1, -0.05) is 65.7 Å². The molecule has 2 aromatic rings. The Hall–Kier alpha value is -1.24. The SMILES string of the molecule is CC.CCC(C)CC.Cc1c(C)n(C)c2ccccc12. The van der Waals surface area contributed by atoms with Crippen molar-refractivity contribution in [3.05, 3.63) is 35.5 Å². The summed E-state index contributed by atoms with van der Waals surface area (Å²) >= 11 is 0. The van der Waals surface area contributed by atoms with Crippen molar-refractivity contribution in [2.75, 3.05) is 0 Å². The highest BCUT2D eigenvalue weighted by Gasteiger charge is 2.05. The van der Waals surface area contributed by atoms with Crippen LogP contribution in [0.25, 0.3) is 10.9 Å². The van der Waals surface area contributed by atoms with Crippen LogP contribution in [-0.4, -0.2) is 4.57 Å². The maximum Gasteiger partial charge on any atom is 0.0482 e. The molecule has 0 atom stereocenters. The van der Waals surface area contributed by atoms with Gasteiger partial charge in [0.05, 0.1) is 0 Å². The fourth-order valence-corrected chi connectivity index (χ4v) is 2.00. The zero-order valence-corrected chi connectivity index (χ0v) is 14.7. The second-order valence-electron chi connectivity index (χ2n) is 5.21.